The maximum Gasteiger partial charge on any atom is 0.255 e. The number of rotatable bonds is 4. The number of hydrogen-bond acceptors (Lipinski definition) is 3. The first kappa shape index (κ1) is 18.7. The first-order chi connectivity index (χ1) is 12.6. The molecule has 1 heterocycles. The van der Waals surface area contributed by atoms with Crippen LogP contribution in [0.15, 0.2) is 48.5 Å². The highest BCUT2D eigenvalue weighted by Gasteiger charge is 2.20. The molecule has 0 spiro atoms. The van der Waals surface area contributed by atoms with E-state index in [2.05, 4.69) is 32.8 Å². The van der Waals surface area contributed by atoms with Gasteiger partial charge in [-0.3, -0.25) is 9.59 Å². The lowest BCUT2D eigenvalue weighted by Gasteiger charge is -2.36. The lowest BCUT2D eigenvalue weighted by molar-refractivity contribution is -0.131. The van der Waals surface area contributed by atoms with Gasteiger partial charge in [-0.15, -0.1) is 0 Å². The van der Waals surface area contributed by atoms with E-state index < -0.39 is 0 Å². The molecule has 0 aliphatic carbocycles. The molecule has 2 aromatic carbocycles. The predicted molar refractivity (Wildman–Crippen MR) is 113 cm³/mol. The zero-order chi connectivity index (χ0) is 18.5. The van der Waals surface area contributed by atoms with Crippen molar-refractivity contribution >= 4 is 45.8 Å². The molecule has 1 N–H and O–H groups in total. The third kappa shape index (κ3) is 4.55. The summed E-state index contributed by atoms with van der Waals surface area (Å²) in [6.45, 7) is 5.09. The number of piperazine rings is 1. The first-order valence-corrected chi connectivity index (χ1v) is 9.84. The van der Waals surface area contributed by atoms with Crippen molar-refractivity contribution < 1.29 is 9.59 Å². The van der Waals surface area contributed by atoms with E-state index in [1.54, 1.807) is 0 Å². The molecule has 2 amide bonds. The Hall–Kier alpha value is -2.09. The van der Waals surface area contributed by atoms with Crippen LogP contribution < -0.4 is 10.2 Å². The van der Waals surface area contributed by atoms with Gasteiger partial charge in [-0.2, -0.15) is 0 Å². The van der Waals surface area contributed by atoms with Crippen LogP contribution in [0.1, 0.15) is 23.7 Å². The number of carbonyl (C=O) groups is 2. The summed E-state index contributed by atoms with van der Waals surface area (Å²) in [5, 5.41) is 2.93. The average molecular weight is 463 g/mol. The number of nitrogens with zero attached hydrogens (tertiary/aromatic N) is 2. The third-order valence-corrected chi connectivity index (χ3v) is 5.18. The molecule has 0 aromatic heterocycles. The van der Waals surface area contributed by atoms with E-state index >= 15 is 0 Å². The second kappa shape index (κ2) is 8.53. The van der Waals surface area contributed by atoms with E-state index in [4.69, 9.17) is 0 Å². The quantitative estimate of drug-likeness (QED) is 0.706. The molecule has 6 heteroatoms. The molecule has 1 fully saturated rings. The van der Waals surface area contributed by atoms with E-state index in [1.807, 2.05) is 60.4 Å². The van der Waals surface area contributed by atoms with Crippen molar-refractivity contribution in [2.45, 2.75) is 13.3 Å². The summed E-state index contributed by atoms with van der Waals surface area (Å²) >= 11 is 2.20. The molecule has 26 heavy (non-hydrogen) atoms. The zero-order valence-corrected chi connectivity index (χ0v) is 16.9. The normalized spacial score (nSPS) is 14.2. The van der Waals surface area contributed by atoms with Crippen LogP contribution in [0.3, 0.4) is 0 Å². The minimum Gasteiger partial charge on any atom is -0.368 e. The van der Waals surface area contributed by atoms with Crippen LogP contribution in [0, 0.1) is 3.57 Å². The number of hydrogen-bond donors (Lipinski definition) is 1. The van der Waals surface area contributed by atoms with E-state index in [0.717, 1.165) is 41.1 Å². The standard InChI is InChI=1S/C20H22IN3O2/c1-2-19(25)24-12-10-23(11-13-24)18-8-6-17(7-9-18)22-20(26)15-4-3-5-16(21)14-15/h3-9,14H,2,10-13H2,1H3,(H,22,26). The van der Waals surface area contributed by atoms with Crippen LogP contribution in [0.4, 0.5) is 11.4 Å². The molecule has 0 atom stereocenters. The fourth-order valence-corrected chi connectivity index (χ4v) is 3.57. The molecule has 1 saturated heterocycles. The van der Waals surface area contributed by atoms with Crippen molar-refractivity contribution in [2.75, 3.05) is 36.4 Å². The molecule has 5 nitrogen and oxygen atoms in total. The minimum atomic E-state index is -0.108. The largest absolute Gasteiger partial charge is 0.368 e. The van der Waals surface area contributed by atoms with Gasteiger partial charge in [-0.05, 0) is 65.1 Å². The Labute approximate surface area is 167 Å². The van der Waals surface area contributed by atoms with E-state index in [9.17, 15) is 9.59 Å². The van der Waals surface area contributed by atoms with Gasteiger partial charge in [0.1, 0.15) is 0 Å². The number of halogens is 1. The summed E-state index contributed by atoms with van der Waals surface area (Å²) in [6.07, 6.45) is 0.564. The number of nitrogens with one attached hydrogen (secondary N) is 1. The van der Waals surface area contributed by atoms with Crippen molar-refractivity contribution in [3.63, 3.8) is 0 Å². The smallest absolute Gasteiger partial charge is 0.255 e. The van der Waals surface area contributed by atoms with E-state index in [-0.39, 0.29) is 11.8 Å². The Balaban J connectivity index is 1.59. The average Bonchev–Trinajstić information content (AvgIpc) is 2.68. The summed E-state index contributed by atoms with van der Waals surface area (Å²) in [5.74, 6) is 0.112. The molecule has 0 unspecified atom stereocenters. The summed E-state index contributed by atoms with van der Waals surface area (Å²) in [5.41, 5.74) is 2.54. The third-order valence-electron chi connectivity index (χ3n) is 4.51. The van der Waals surface area contributed by atoms with E-state index in [1.165, 1.54) is 0 Å². The predicted octanol–water partition coefficient (Wildman–Crippen LogP) is 3.60. The summed E-state index contributed by atoms with van der Waals surface area (Å²) < 4.78 is 1.03. The Kier molecular flexibility index (Phi) is 6.13. The molecule has 136 valence electrons. The minimum absolute atomic E-state index is 0.108. The Morgan fingerprint density at radius 1 is 1.04 bits per heavy atom. The van der Waals surface area contributed by atoms with Crippen LogP contribution in [0.5, 0.6) is 0 Å². The number of anilines is 2. The highest BCUT2D eigenvalue weighted by molar-refractivity contribution is 14.1. The van der Waals surface area contributed by atoms with Gasteiger partial charge in [0.15, 0.2) is 0 Å². The Bertz CT molecular complexity index is 784. The number of benzene rings is 2. The van der Waals surface area contributed by atoms with Crippen molar-refractivity contribution in [1.29, 1.82) is 0 Å². The molecular formula is C20H22IN3O2. The summed E-state index contributed by atoms with van der Waals surface area (Å²) in [7, 11) is 0. The maximum absolute atomic E-state index is 12.3. The second-order valence-corrected chi connectivity index (χ2v) is 7.48. The van der Waals surface area contributed by atoms with Gasteiger partial charge >= 0.3 is 0 Å². The lowest BCUT2D eigenvalue weighted by atomic mass is 10.2. The molecule has 3 rings (SSSR count). The van der Waals surface area contributed by atoms with Crippen molar-refractivity contribution in [3.8, 4) is 0 Å². The highest BCUT2D eigenvalue weighted by Crippen LogP contribution is 2.20. The van der Waals surface area contributed by atoms with Gasteiger partial charge in [0.2, 0.25) is 5.91 Å². The Morgan fingerprint density at radius 2 is 1.73 bits per heavy atom. The van der Waals surface area contributed by atoms with Crippen LogP contribution in [-0.2, 0) is 4.79 Å². The zero-order valence-electron chi connectivity index (χ0n) is 14.7. The first-order valence-electron chi connectivity index (χ1n) is 8.76. The summed E-state index contributed by atoms with van der Waals surface area (Å²) in [4.78, 5) is 28.3. The van der Waals surface area contributed by atoms with Crippen molar-refractivity contribution in [2.24, 2.45) is 0 Å². The van der Waals surface area contributed by atoms with Crippen molar-refractivity contribution in [3.05, 3.63) is 57.7 Å². The molecular weight excluding hydrogens is 441 g/mol. The molecule has 1 aliphatic heterocycles. The molecule has 0 saturated carbocycles. The SMILES string of the molecule is CCC(=O)N1CCN(c2ccc(NC(=O)c3cccc(I)c3)cc2)CC1. The Morgan fingerprint density at radius 3 is 2.35 bits per heavy atom. The van der Waals surface area contributed by atoms with Crippen molar-refractivity contribution in [1.82, 2.24) is 4.90 Å². The number of carbonyl (C=O) groups excluding carboxylic acids is 2. The van der Waals surface area contributed by atoms with Crippen LogP contribution in [0.25, 0.3) is 0 Å². The number of amides is 2. The fourth-order valence-electron chi connectivity index (χ4n) is 3.03. The second-order valence-electron chi connectivity index (χ2n) is 6.23. The van der Waals surface area contributed by atoms with Crippen LogP contribution in [-0.4, -0.2) is 42.9 Å². The molecule has 2 aromatic rings. The fraction of sp³-hybridized carbons (Fsp3) is 0.300. The monoisotopic (exact) mass is 463 g/mol. The van der Waals surface area contributed by atoms with Gasteiger partial charge in [-0.1, -0.05) is 13.0 Å². The van der Waals surface area contributed by atoms with Gasteiger partial charge in [-0.25, -0.2) is 0 Å². The van der Waals surface area contributed by atoms with Crippen LogP contribution >= 0.6 is 22.6 Å². The molecule has 0 radical (unpaired) electrons. The van der Waals surface area contributed by atoms with E-state index in [0.29, 0.717) is 12.0 Å². The van der Waals surface area contributed by atoms with Gasteiger partial charge in [0, 0.05) is 53.1 Å². The topological polar surface area (TPSA) is 52.7 Å². The van der Waals surface area contributed by atoms with Gasteiger partial charge in [0.05, 0.1) is 0 Å². The molecule has 0 bridgehead atoms. The maximum atomic E-state index is 12.3. The highest BCUT2D eigenvalue weighted by atomic mass is 127. The van der Waals surface area contributed by atoms with Gasteiger partial charge in [0.25, 0.3) is 5.91 Å². The van der Waals surface area contributed by atoms with Gasteiger partial charge < -0.3 is 15.1 Å². The molecule has 1 aliphatic rings. The van der Waals surface area contributed by atoms with Crippen LogP contribution in [0.2, 0.25) is 0 Å². The lowest BCUT2D eigenvalue weighted by Crippen LogP contribution is -2.48. The summed E-state index contributed by atoms with van der Waals surface area (Å²) in [6, 6.07) is 15.4.